The maximum atomic E-state index is 10.4. The molecule has 2 aromatic heterocycles. The Morgan fingerprint density at radius 3 is 2.94 bits per heavy atom. The molecule has 5 heteroatoms. The average Bonchev–Trinajstić information content (AvgIpc) is 2.73. The van der Waals surface area contributed by atoms with Gasteiger partial charge in [-0.3, -0.25) is 0 Å². The third-order valence-corrected chi connectivity index (χ3v) is 3.18. The standard InChI is InChI=1S/C12H10N2O2S/c1-8-5-7-17-12(8)9-4-6-13-10(14-9)2-3-11(15)16/h2-7H,1H3,(H,15,16)/b3-2+. The lowest BCUT2D eigenvalue weighted by Gasteiger charge is -1.99. The van der Waals surface area contributed by atoms with Gasteiger partial charge in [-0.05, 0) is 36.1 Å². The molecule has 0 atom stereocenters. The topological polar surface area (TPSA) is 63.1 Å². The Bertz CT molecular complexity index is 575. The monoisotopic (exact) mass is 246 g/mol. The summed E-state index contributed by atoms with van der Waals surface area (Å²) in [5.74, 6) is -0.607. The SMILES string of the molecule is Cc1ccsc1-c1ccnc(/C=C/C(=O)O)n1. The molecule has 0 saturated heterocycles. The number of aliphatic carboxylic acids is 1. The first-order chi connectivity index (χ1) is 8.16. The number of nitrogens with zero attached hydrogens (tertiary/aromatic N) is 2. The molecule has 1 N–H and O–H groups in total. The first-order valence-corrected chi connectivity index (χ1v) is 5.83. The van der Waals surface area contributed by atoms with Gasteiger partial charge in [-0.2, -0.15) is 0 Å². The first kappa shape index (κ1) is 11.5. The molecule has 0 spiro atoms. The van der Waals surface area contributed by atoms with E-state index in [9.17, 15) is 4.79 Å². The number of carboxylic acids is 1. The molecule has 17 heavy (non-hydrogen) atoms. The van der Waals surface area contributed by atoms with E-state index in [1.165, 1.54) is 6.08 Å². The minimum absolute atomic E-state index is 0.401. The van der Waals surface area contributed by atoms with Crippen molar-refractivity contribution >= 4 is 23.4 Å². The van der Waals surface area contributed by atoms with Crippen LogP contribution in [0.25, 0.3) is 16.6 Å². The van der Waals surface area contributed by atoms with Crippen LogP contribution in [-0.4, -0.2) is 21.0 Å². The van der Waals surface area contributed by atoms with Crippen molar-refractivity contribution in [1.82, 2.24) is 9.97 Å². The highest BCUT2D eigenvalue weighted by atomic mass is 32.1. The number of aromatic nitrogens is 2. The molecular weight excluding hydrogens is 236 g/mol. The summed E-state index contributed by atoms with van der Waals surface area (Å²) in [7, 11) is 0. The number of carbonyl (C=O) groups is 1. The smallest absolute Gasteiger partial charge is 0.328 e. The van der Waals surface area contributed by atoms with E-state index >= 15 is 0 Å². The molecule has 0 unspecified atom stereocenters. The molecule has 4 nitrogen and oxygen atoms in total. The molecule has 2 rings (SSSR count). The highest BCUT2D eigenvalue weighted by molar-refractivity contribution is 7.13. The Hall–Kier alpha value is -2.01. The molecular formula is C12H10N2O2S. The second kappa shape index (κ2) is 4.88. The van der Waals surface area contributed by atoms with Crippen molar-refractivity contribution in [1.29, 1.82) is 0 Å². The molecule has 2 heterocycles. The minimum atomic E-state index is -1.01. The summed E-state index contributed by atoms with van der Waals surface area (Å²) in [5, 5.41) is 10.5. The van der Waals surface area contributed by atoms with Crippen molar-refractivity contribution in [3.8, 4) is 10.6 Å². The van der Waals surface area contributed by atoms with Crippen LogP contribution in [0.3, 0.4) is 0 Å². The molecule has 0 aliphatic heterocycles. The number of rotatable bonds is 3. The van der Waals surface area contributed by atoms with Crippen molar-refractivity contribution in [2.75, 3.05) is 0 Å². The summed E-state index contributed by atoms with van der Waals surface area (Å²) in [6.07, 6.45) is 4.04. The maximum absolute atomic E-state index is 10.4. The zero-order valence-electron chi connectivity index (χ0n) is 9.12. The predicted octanol–water partition coefficient (Wildman–Crippen LogP) is 2.61. The molecule has 0 fully saturated rings. The van der Waals surface area contributed by atoms with Gasteiger partial charge in [0.05, 0.1) is 10.6 Å². The summed E-state index contributed by atoms with van der Waals surface area (Å²) in [4.78, 5) is 19.8. The van der Waals surface area contributed by atoms with Gasteiger partial charge < -0.3 is 5.11 Å². The predicted molar refractivity (Wildman–Crippen MR) is 66.8 cm³/mol. The van der Waals surface area contributed by atoms with E-state index in [2.05, 4.69) is 9.97 Å². The van der Waals surface area contributed by atoms with Gasteiger partial charge in [0.2, 0.25) is 0 Å². The Kier molecular flexibility index (Phi) is 3.30. The normalized spacial score (nSPS) is 10.9. The largest absolute Gasteiger partial charge is 0.478 e. The number of carboxylic acid groups (broad SMARTS) is 1. The summed E-state index contributed by atoms with van der Waals surface area (Å²) >= 11 is 1.61. The quantitative estimate of drug-likeness (QED) is 0.845. The van der Waals surface area contributed by atoms with Crippen LogP contribution in [0.1, 0.15) is 11.4 Å². The maximum Gasteiger partial charge on any atom is 0.328 e. The van der Waals surface area contributed by atoms with Crippen LogP contribution in [0.5, 0.6) is 0 Å². The first-order valence-electron chi connectivity index (χ1n) is 4.95. The third kappa shape index (κ3) is 2.76. The summed E-state index contributed by atoms with van der Waals surface area (Å²) in [6.45, 7) is 2.01. The fraction of sp³-hybridized carbons (Fsp3) is 0.0833. The van der Waals surface area contributed by atoms with Crippen LogP contribution in [0.15, 0.2) is 29.8 Å². The summed E-state index contributed by atoms with van der Waals surface area (Å²) in [6, 6.07) is 3.84. The second-order valence-corrected chi connectivity index (χ2v) is 4.32. The van der Waals surface area contributed by atoms with Crippen molar-refractivity contribution in [2.45, 2.75) is 6.92 Å². The van der Waals surface area contributed by atoms with Crippen LogP contribution in [0, 0.1) is 6.92 Å². The minimum Gasteiger partial charge on any atom is -0.478 e. The van der Waals surface area contributed by atoms with Crippen LogP contribution >= 0.6 is 11.3 Å². The fourth-order valence-electron chi connectivity index (χ4n) is 1.36. The zero-order chi connectivity index (χ0) is 12.3. The zero-order valence-corrected chi connectivity index (χ0v) is 9.94. The van der Waals surface area contributed by atoms with Crippen molar-refractivity contribution in [3.63, 3.8) is 0 Å². The van der Waals surface area contributed by atoms with E-state index in [-0.39, 0.29) is 0 Å². The summed E-state index contributed by atoms with van der Waals surface area (Å²) in [5.41, 5.74) is 1.97. The van der Waals surface area contributed by atoms with Gasteiger partial charge in [0.15, 0.2) is 5.82 Å². The Morgan fingerprint density at radius 1 is 1.47 bits per heavy atom. The molecule has 0 saturated carbocycles. The Labute approximate surface area is 102 Å². The van der Waals surface area contributed by atoms with Crippen LogP contribution in [0.2, 0.25) is 0 Å². The molecule has 0 aliphatic rings. The molecule has 2 aromatic rings. The fourth-order valence-corrected chi connectivity index (χ4v) is 2.26. The van der Waals surface area contributed by atoms with Gasteiger partial charge >= 0.3 is 5.97 Å². The lowest BCUT2D eigenvalue weighted by Crippen LogP contribution is -1.92. The number of aryl methyl sites for hydroxylation is 1. The van der Waals surface area contributed by atoms with E-state index in [4.69, 9.17) is 5.11 Å². The molecule has 0 aliphatic carbocycles. The van der Waals surface area contributed by atoms with Crippen LogP contribution in [-0.2, 0) is 4.79 Å². The van der Waals surface area contributed by atoms with Crippen molar-refractivity contribution in [2.24, 2.45) is 0 Å². The van der Waals surface area contributed by atoms with Gasteiger partial charge in [-0.15, -0.1) is 11.3 Å². The highest BCUT2D eigenvalue weighted by Crippen LogP contribution is 2.26. The van der Waals surface area contributed by atoms with Gasteiger partial charge in [0, 0.05) is 12.3 Å². The van der Waals surface area contributed by atoms with Gasteiger partial charge in [0.1, 0.15) is 0 Å². The molecule has 0 aromatic carbocycles. The summed E-state index contributed by atoms with van der Waals surface area (Å²) < 4.78 is 0. The average molecular weight is 246 g/mol. The van der Waals surface area contributed by atoms with E-state index in [1.54, 1.807) is 17.5 Å². The molecule has 0 bridgehead atoms. The molecule has 0 radical (unpaired) electrons. The van der Waals surface area contributed by atoms with E-state index < -0.39 is 5.97 Å². The van der Waals surface area contributed by atoms with Gasteiger partial charge in [-0.1, -0.05) is 0 Å². The van der Waals surface area contributed by atoms with Crippen molar-refractivity contribution in [3.05, 3.63) is 41.2 Å². The van der Waals surface area contributed by atoms with E-state index in [0.717, 1.165) is 22.2 Å². The van der Waals surface area contributed by atoms with E-state index in [0.29, 0.717) is 5.82 Å². The van der Waals surface area contributed by atoms with E-state index in [1.807, 2.05) is 24.4 Å². The number of hydrogen-bond acceptors (Lipinski definition) is 4. The lowest BCUT2D eigenvalue weighted by atomic mass is 10.2. The number of hydrogen-bond donors (Lipinski definition) is 1. The van der Waals surface area contributed by atoms with Crippen LogP contribution < -0.4 is 0 Å². The Morgan fingerprint density at radius 2 is 2.29 bits per heavy atom. The Balaban J connectivity index is 2.35. The van der Waals surface area contributed by atoms with Gasteiger partial charge in [-0.25, -0.2) is 14.8 Å². The second-order valence-electron chi connectivity index (χ2n) is 3.40. The molecule has 86 valence electrons. The lowest BCUT2D eigenvalue weighted by molar-refractivity contribution is -0.131. The third-order valence-electron chi connectivity index (χ3n) is 2.14. The molecule has 0 amide bonds. The van der Waals surface area contributed by atoms with Crippen LogP contribution in [0.4, 0.5) is 0 Å². The highest BCUT2D eigenvalue weighted by Gasteiger charge is 2.05. The van der Waals surface area contributed by atoms with Gasteiger partial charge in [0.25, 0.3) is 0 Å². The number of thiophene rings is 1. The van der Waals surface area contributed by atoms with Crippen molar-refractivity contribution < 1.29 is 9.90 Å².